The third-order valence-corrected chi connectivity index (χ3v) is 1.53. The fourth-order valence-electron chi connectivity index (χ4n) is 0.652. The Labute approximate surface area is 83.5 Å². The highest BCUT2D eigenvalue weighted by Crippen LogP contribution is 2.14. The van der Waals surface area contributed by atoms with Crippen molar-refractivity contribution in [3.63, 3.8) is 0 Å². The van der Waals surface area contributed by atoms with Gasteiger partial charge in [0.15, 0.2) is 0 Å². The summed E-state index contributed by atoms with van der Waals surface area (Å²) in [6.07, 6.45) is 2.41. The molecule has 0 aliphatic carbocycles. The number of rotatable bonds is 5. The average molecular weight is 199 g/mol. The molecule has 0 rings (SSSR count). The van der Waals surface area contributed by atoms with Gasteiger partial charge >= 0.3 is 0 Å². The van der Waals surface area contributed by atoms with Crippen molar-refractivity contribution in [3.8, 4) is 0 Å². The highest BCUT2D eigenvalue weighted by Gasteiger charge is 2.01. The van der Waals surface area contributed by atoms with Crippen molar-refractivity contribution in [1.82, 2.24) is 5.32 Å². The van der Waals surface area contributed by atoms with Crippen molar-refractivity contribution in [1.29, 1.82) is 0 Å². The lowest BCUT2D eigenvalue weighted by Gasteiger charge is -2.03. The summed E-state index contributed by atoms with van der Waals surface area (Å²) in [6, 6.07) is 0. The minimum atomic E-state index is -0.651. The quantitative estimate of drug-likeness (QED) is 0.528. The zero-order valence-corrected chi connectivity index (χ0v) is 8.53. The van der Waals surface area contributed by atoms with E-state index in [2.05, 4.69) is 18.5 Å². The van der Waals surface area contributed by atoms with E-state index in [1.165, 1.54) is 13.8 Å². The number of nitrogens with one attached hydrogen (secondary N) is 1. The lowest BCUT2D eigenvalue weighted by molar-refractivity contribution is 0.607. The maximum Gasteiger partial charge on any atom is 0.144 e. The summed E-state index contributed by atoms with van der Waals surface area (Å²) in [5, 5.41) is 2.72. The predicted molar refractivity (Wildman–Crippen MR) is 56.0 cm³/mol. The fraction of sp³-hybridized carbons (Fsp3) is 0.273. The first-order valence-corrected chi connectivity index (χ1v) is 4.23. The zero-order chi connectivity index (χ0) is 11.1. The van der Waals surface area contributed by atoms with E-state index in [0.717, 1.165) is 6.08 Å². The first-order valence-electron chi connectivity index (χ1n) is 4.23. The number of halogens is 2. The molecule has 3 heteroatoms. The van der Waals surface area contributed by atoms with Crippen LogP contribution in [0.15, 0.2) is 48.2 Å². The molecule has 0 saturated carbocycles. The molecular formula is C11H15F2N. The Morgan fingerprint density at radius 1 is 1.36 bits per heavy atom. The molecule has 0 atom stereocenters. The number of hydrogen-bond donors (Lipinski definition) is 1. The molecule has 0 unspecified atom stereocenters. The Morgan fingerprint density at radius 2 is 1.93 bits per heavy atom. The van der Waals surface area contributed by atoms with Crippen molar-refractivity contribution < 1.29 is 8.78 Å². The van der Waals surface area contributed by atoms with Gasteiger partial charge in [-0.1, -0.05) is 12.7 Å². The van der Waals surface area contributed by atoms with Crippen LogP contribution >= 0.6 is 0 Å². The first kappa shape index (κ1) is 12.6. The maximum absolute atomic E-state index is 13.2. The Hall–Kier alpha value is -1.38. The Bertz CT molecular complexity index is 288. The lowest BCUT2D eigenvalue weighted by atomic mass is 10.2. The van der Waals surface area contributed by atoms with E-state index in [1.54, 1.807) is 6.08 Å². The molecule has 78 valence electrons. The minimum absolute atomic E-state index is 0.205. The van der Waals surface area contributed by atoms with Gasteiger partial charge in [-0.15, -0.1) is 6.58 Å². The average Bonchev–Trinajstić information content (AvgIpc) is 2.13. The molecule has 0 radical (unpaired) electrons. The third-order valence-electron chi connectivity index (χ3n) is 1.53. The summed E-state index contributed by atoms with van der Waals surface area (Å²) >= 11 is 0. The molecule has 0 aromatic carbocycles. The largest absolute Gasteiger partial charge is 0.383 e. The molecule has 0 spiro atoms. The summed E-state index contributed by atoms with van der Waals surface area (Å²) in [5.41, 5.74) is 0.484. The number of allylic oxidation sites excluding steroid dienone is 5. The van der Waals surface area contributed by atoms with Crippen LogP contribution in [0, 0.1) is 0 Å². The van der Waals surface area contributed by atoms with E-state index >= 15 is 0 Å². The smallest absolute Gasteiger partial charge is 0.144 e. The molecule has 0 aromatic rings. The molecule has 0 aromatic heterocycles. The van der Waals surface area contributed by atoms with Crippen LogP contribution in [0.4, 0.5) is 8.78 Å². The van der Waals surface area contributed by atoms with Gasteiger partial charge in [-0.05, 0) is 19.4 Å². The standard InChI is InChI=1S/C11H15F2N/c1-5-6-14-9(4)11(13)7-10(12)8(2)3/h5,7,14H,1-2,6H2,3-4H3/b10-7+,11-9-. The van der Waals surface area contributed by atoms with E-state index < -0.39 is 11.7 Å². The molecule has 0 fully saturated rings. The van der Waals surface area contributed by atoms with Crippen LogP contribution < -0.4 is 5.32 Å². The number of hydrogen-bond acceptors (Lipinski definition) is 1. The highest BCUT2D eigenvalue weighted by atomic mass is 19.1. The van der Waals surface area contributed by atoms with Gasteiger partial charge in [0.25, 0.3) is 0 Å². The molecular weight excluding hydrogens is 184 g/mol. The van der Waals surface area contributed by atoms with Crippen molar-refractivity contribution in [2.24, 2.45) is 0 Å². The molecule has 1 N–H and O–H groups in total. The summed E-state index contributed by atoms with van der Waals surface area (Å²) in [7, 11) is 0. The molecule has 14 heavy (non-hydrogen) atoms. The summed E-state index contributed by atoms with van der Waals surface area (Å²) in [4.78, 5) is 0. The molecule has 0 amide bonds. The first-order chi connectivity index (χ1) is 6.49. The van der Waals surface area contributed by atoms with Gasteiger partial charge in [0.05, 0.1) is 0 Å². The van der Waals surface area contributed by atoms with E-state index in [1.807, 2.05) is 0 Å². The monoisotopic (exact) mass is 199 g/mol. The van der Waals surface area contributed by atoms with Gasteiger partial charge < -0.3 is 5.32 Å². The van der Waals surface area contributed by atoms with Gasteiger partial charge in [-0.2, -0.15) is 0 Å². The zero-order valence-electron chi connectivity index (χ0n) is 8.53. The normalized spacial score (nSPS) is 13.3. The van der Waals surface area contributed by atoms with Gasteiger partial charge in [-0.3, -0.25) is 0 Å². The van der Waals surface area contributed by atoms with Gasteiger partial charge in [0.1, 0.15) is 11.7 Å². The van der Waals surface area contributed by atoms with Gasteiger partial charge in [-0.25, -0.2) is 8.78 Å². The minimum Gasteiger partial charge on any atom is -0.383 e. The van der Waals surface area contributed by atoms with E-state index in [-0.39, 0.29) is 11.3 Å². The molecule has 0 bridgehead atoms. The summed E-state index contributed by atoms with van der Waals surface area (Å²) in [5.74, 6) is -1.28. The van der Waals surface area contributed by atoms with Crippen LogP contribution in [-0.4, -0.2) is 6.54 Å². The fourth-order valence-corrected chi connectivity index (χ4v) is 0.652. The van der Waals surface area contributed by atoms with Crippen LogP contribution in [-0.2, 0) is 0 Å². The van der Waals surface area contributed by atoms with E-state index in [0.29, 0.717) is 6.54 Å². The van der Waals surface area contributed by atoms with E-state index in [4.69, 9.17) is 0 Å². The van der Waals surface area contributed by atoms with Gasteiger partial charge in [0, 0.05) is 18.3 Å². The predicted octanol–water partition coefficient (Wildman–Crippen LogP) is 3.39. The van der Waals surface area contributed by atoms with E-state index in [9.17, 15) is 8.78 Å². The van der Waals surface area contributed by atoms with Crippen molar-refractivity contribution in [3.05, 3.63) is 48.2 Å². The van der Waals surface area contributed by atoms with Crippen LogP contribution in [0.3, 0.4) is 0 Å². The molecule has 0 aliphatic rings. The second-order valence-corrected chi connectivity index (χ2v) is 2.92. The van der Waals surface area contributed by atoms with Crippen LogP contribution in [0.1, 0.15) is 13.8 Å². The second kappa shape index (κ2) is 6.13. The van der Waals surface area contributed by atoms with Crippen LogP contribution in [0.25, 0.3) is 0 Å². The van der Waals surface area contributed by atoms with Crippen LogP contribution in [0.2, 0.25) is 0 Å². The molecule has 1 nitrogen and oxygen atoms in total. The Morgan fingerprint density at radius 3 is 2.36 bits per heavy atom. The molecule has 0 saturated heterocycles. The van der Waals surface area contributed by atoms with Crippen molar-refractivity contribution in [2.75, 3.05) is 6.54 Å². The second-order valence-electron chi connectivity index (χ2n) is 2.92. The van der Waals surface area contributed by atoms with Crippen molar-refractivity contribution in [2.45, 2.75) is 13.8 Å². The molecule has 0 heterocycles. The summed E-state index contributed by atoms with van der Waals surface area (Å²) < 4.78 is 26.1. The third kappa shape index (κ3) is 4.60. The van der Waals surface area contributed by atoms with Crippen LogP contribution in [0.5, 0.6) is 0 Å². The SMILES string of the molecule is C=CCN/C(C)=C(F)/C=C(/F)C(=C)C. The van der Waals surface area contributed by atoms with Crippen molar-refractivity contribution >= 4 is 0 Å². The molecule has 0 aliphatic heterocycles. The lowest BCUT2D eigenvalue weighted by Crippen LogP contribution is -2.11. The topological polar surface area (TPSA) is 12.0 Å². The summed E-state index contributed by atoms with van der Waals surface area (Å²) in [6.45, 7) is 10.3. The maximum atomic E-state index is 13.2. The van der Waals surface area contributed by atoms with Gasteiger partial charge in [0.2, 0.25) is 0 Å². The Kier molecular flexibility index (Phi) is 5.53. The highest BCUT2D eigenvalue weighted by molar-refractivity contribution is 5.28. The Balaban J connectivity index is 4.57.